The minimum Gasteiger partial charge on any atom is -0.341 e. The molecule has 22 heavy (non-hydrogen) atoms. The van der Waals surface area contributed by atoms with Crippen molar-refractivity contribution in [1.29, 1.82) is 0 Å². The number of hydrogen-bond acceptors (Lipinski definition) is 4. The molecule has 0 heterocycles. The van der Waals surface area contributed by atoms with E-state index in [0.29, 0.717) is 0 Å². The maximum absolute atomic E-state index is 12.0. The second kappa shape index (κ2) is 7.07. The van der Waals surface area contributed by atoms with Gasteiger partial charge in [-0.15, -0.1) is 0 Å². The van der Waals surface area contributed by atoms with E-state index in [0.717, 1.165) is 10.0 Å². The highest BCUT2D eigenvalue weighted by Crippen LogP contribution is 2.21. The molecule has 0 aliphatic rings. The zero-order valence-electron chi connectivity index (χ0n) is 11.9. The molecule has 1 unspecified atom stereocenters. The van der Waals surface area contributed by atoms with Crippen LogP contribution in [0, 0.1) is 0 Å². The van der Waals surface area contributed by atoms with Crippen molar-refractivity contribution in [3.63, 3.8) is 0 Å². The van der Waals surface area contributed by atoms with Crippen LogP contribution in [-0.4, -0.2) is 20.1 Å². The van der Waals surface area contributed by atoms with E-state index in [4.69, 9.17) is 0 Å². The van der Waals surface area contributed by atoms with Gasteiger partial charge in [-0.3, -0.25) is 0 Å². The molecule has 0 aromatic heterocycles. The highest BCUT2D eigenvalue weighted by Gasteiger charge is 2.22. The van der Waals surface area contributed by atoms with Crippen LogP contribution in [0.15, 0.2) is 59.1 Å². The number of benzene rings is 2. The van der Waals surface area contributed by atoms with E-state index in [9.17, 15) is 13.2 Å². The predicted octanol–water partition coefficient (Wildman–Crippen LogP) is 3.74. The number of hydrogen-bond donors (Lipinski definition) is 0. The van der Waals surface area contributed by atoms with E-state index in [2.05, 4.69) is 20.1 Å². The van der Waals surface area contributed by atoms with Gasteiger partial charge >= 0.3 is 16.1 Å². The van der Waals surface area contributed by atoms with Crippen LogP contribution >= 0.6 is 15.9 Å². The van der Waals surface area contributed by atoms with Gasteiger partial charge in [-0.05, 0) is 35.7 Å². The highest BCUT2D eigenvalue weighted by molar-refractivity contribution is 9.10. The Bertz CT molecular complexity index is 739. The summed E-state index contributed by atoms with van der Waals surface area (Å²) in [7, 11) is -3.95. The van der Waals surface area contributed by atoms with Crippen LogP contribution in [0.4, 0.5) is 0 Å². The van der Waals surface area contributed by atoms with Crippen molar-refractivity contribution in [3.05, 3.63) is 70.2 Å². The molecule has 0 radical (unpaired) electrons. The molecule has 2 rings (SSSR count). The normalized spacial score (nSPS) is 12.6. The Morgan fingerprint density at radius 1 is 1.09 bits per heavy atom. The van der Waals surface area contributed by atoms with E-state index < -0.39 is 16.1 Å². The second-order valence-electron chi connectivity index (χ2n) is 4.91. The Balaban J connectivity index is 2.04. The summed E-state index contributed by atoms with van der Waals surface area (Å²) in [6, 6.07) is 15.4. The summed E-state index contributed by atoms with van der Waals surface area (Å²) in [5.41, 5.74) is 1.07. The first-order valence-electron chi connectivity index (χ1n) is 6.64. The first-order chi connectivity index (χ1) is 10.4. The fourth-order valence-corrected chi connectivity index (χ4v) is 3.43. The van der Waals surface area contributed by atoms with Crippen LogP contribution in [-0.2, 0) is 14.3 Å². The van der Waals surface area contributed by atoms with Crippen molar-refractivity contribution in [2.45, 2.75) is 12.8 Å². The van der Waals surface area contributed by atoms with Gasteiger partial charge in [-0.25, -0.2) is 4.79 Å². The first kappa shape index (κ1) is 16.7. The van der Waals surface area contributed by atoms with Crippen LogP contribution in [0.2, 0.25) is 0 Å². The minimum absolute atomic E-state index is 0.211. The molecule has 2 aromatic carbocycles. The average molecular weight is 383 g/mol. The van der Waals surface area contributed by atoms with Crippen molar-refractivity contribution in [2.75, 3.05) is 5.75 Å². The Hall–Kier alpha value is -1.66. The molecule has 0 aliphatic heterocycles. The maximum Gasteiger partial charge on any atom is 0.353 e. The molecule has 0 bridgehead atoms. The lowest BCUT2D eigenvalue weighted by Gasteiger charge is -2.12. The Morgan fingerprint density at radius 2 is 1.68 bits per heavy atom. The second-order valence-corrected chi connectivity index (χ2v) is 7.44. The lowest BCUT2D eigenvalue weighted by Crippen LogP contribution is -2.19. The monoisotopic (exact) mass is 382 g/mol. The first-order valence-corrected chi connectivity index (χ1v) is 9.01. The number of carbonyl (C=O) groups is 1. The Kier molecular flexibility index (Phi) is 5.37. The Labute approximate surface area is 138 Å². The molecule has 0 spiro atoms. The zero-order valence-corrected chi connectivity index (χ0v) is 14.3. The molecular weight excluding hydrogens is 368 g/mol. The van der Waals surface area contributed by atoms with Crippen LogP contribution in [0.5, 0.6) is 0 Å². The van der Waals surface area contributed by atoms with Gasteiger partial charge in [0.05, 0.1) is 11.3 Å². The Morgan fingerprint density at radius 3 is 2.27 bits per heavy atom. The van der Waals surface area contributed by atoms with Gasteiger partial charge in [0.25, 0.3) is 0 Å². The van der Waals surface area contributed by atoms with E-state index >= 15 is 0 Å². The predicted molar refractivity (Wildman–Crippen MR) is 88.2 cm³/mol. The number of rotatable bonds is 5. The van der Waals surface area contributed by atoms with Gasteiger partial charge in [0.2, 0.25) is 0 Å². The molecule has 1 atom stereocenters. The van der Waals surface area contributed by atoms with Crippen molar-refractivity contribution < 1.29 is 17.4 Å². The molecule has 0 saturated heterocycles. The standard InChI is InChI=1S/C16H15BrO4S/c1-12(13-7-9-15(17)10-8-13)11-22(19,20)21-16(18)14-5-3-2-4-6-14/h2-10,12H,11H2,1H3. The summed E-state index contributed by atoms with van der Waals surface area (Å²) in [6.07, 6.45) is 0. The molecule has 0 aliphatic carbocycles. The molecule has 116 valence electrons. The molecule has 6 heteroatoms. The zero-order chi connectivity index (χ0) is 16.2. The van der Waals surface area contributed by atoms with Crippen LogP contribution < -0.4 is 0 Å². The SMILES string of the molecule is CC(CS(=O)(=O)OC(=O)c1ccccc1)c1ccc(Br)cc1. The van der Waals surface area contributed by atoms with Gasteiger partial charge in [0, 0.05) is 4.47 Å². The van der Waals surface area contributed by atoms with Crippen molar-refractivity contribution in [2.24, 2.45) is 0 Å². The fourth-order valence-electron chi connectivity index (χ4n) is 1.97. The maximum atomic E-state index is 12.0. The third kappa shape index (κ3) is 4.68. The molecule has 0 fully saturated rings. The third-order valence-corrected chi connectivity index (χ3v) is 4.95. The highest BCUT2D eigenvalue weighted by atomic mass is 79.9. The molecule has 2 aromatic rings. The van der Waals surface area contributed by atoms with E-state index in [1.165, 1.54) is 12.1 Å². The summed E-state index contributed by atoms with van der Waals surface area (Å²) < 4.78 is 29.6. The number of halogens is 1. The molecular formula is C16H15BrO4S. The van der Waals surface area contributed by atoms with E-state index in [1.807, 2.05) is 24.3 Å². The third-order valence-electron chi connectivity index (χ3n) is 3.11. The molecule has 0 amide bonds. The summed E-state index contributed by atoms with van der Waals surface area (Å²) in [4.78, 5) is 11.8. The fraction of sp³-hybridized carbons (Fsp3) is 0.188. The van der Waals surface area contributed by atoms with Gasteiger partial charge in [0.1, 0.15) is 0 Å². The summed E-state index contributed by atoms with van der Waals surface area (Å²) >= 11 is 3.33. The van der Waals surface area contributed by atoms with Gasteiger partial charge in [-0.1, -0.05) is 53.2 Å². The van der Waals surface area contributed by atoms with Gasteiger partial charge < -0.3 is 4.18 Å². The van der Waals surface area contributed by atoms with Crippen molar-refractivity contribution in [3.8, 4) is 0 Å². The number of carbonyl (C=O) groups excluding carboxylic acids is 1. The molecule has 4 nitrogen and oxygen atoms in total. The summed E-state index contributed by atoms with van der Waals surface area (Å²) in [5.74, 6) is -1.39. The minimum atomic E-state index is -3.95. The topological polar surface area (TPSA) is 60.4 Å². The summed E-state index contributed by atoms with van der Waals surface area (Å²) in [5, 5.41) is 0. The van der Waals surface area contributed by atoms with Gasteiger partial charge in [0.15, 0.2) is 0 Å². The molecule has 0 N–H and O–H groups in total. The lowest BCUT2D eigenvalue weighted by atomic mass is 10.0. The smallest absolute Gasteiger partial charge is 0.341 e. The van der Waals surface area contributed by atoms with Gasteiger partial charge in [-0.2, -0.15) is 8.42 Å². The van der Waals surface area contributed by atoms with Crippen molar-refractivity contribution in [1.82, 2.24) is 0 Å². The van der Waals surface area contributed by atoms with Crippen LogP contribution in [0.3, 0.4) is 0 Å². The average Bonchev–Trinajstić information content (AvgIpc) is 2.47. The van der Waals surface area contributed by atoms with Crippen LogP contribution in [0.1, 0.15) is 28.8 Å². The van der Waals surface area contributed by atoms with E-state index in [1.54, 1.807) is 25.1 Å². The largest absolute Gasteiger partial charge is 0.353 e. The van der Waals surface area contributed by atoms with Crippen LogP contribution in [0.25, 0.3) is 0 Å². The van der Waals surface area contributed by atoms with Crippen molar-refractivity contribution >= 4 is 32.0 Å². The molecule has 0 saturated carbocycles. The van der Waals surface area contributed by atoms with E-state index in [-0.39, 0.29) is 17.2 Å². The lowest BCUT2D eigenvalue weighted by molar-refractivity contribution is 0.0746. The quantitative estimate of drug-likeness (QED) is 0.738. The summed E-state index contributed by atoms with van der Waals surface area (Å²) in [6.45, 7) is 1.77.